The number of benzene rings is 1. The monoisotopic (exact) mass is 152 g/mol. The van der Waals surface area contributed by atoms with Gasteiger partial charge < -0.3 is 0 Å². The molecule has 0 amide bonds. The Morgan fingerprint density at radius 3 is 2.70 bits per heavy atom. The van der Waals surface area contributed by atoms with Crippen molar-refractivity contribution >= 4 is 31.2 Å². The van der Waals surface area contributed by atoms with Gasteiger partial charge in [-0.15, -0.1) is 0 Å². The van der Waals surface area contributed by atoms with Gasteiger partial charge in [0.05, 0.1) is 0 Å². The van der Waals surface area contributed by atoms with Crippen LogP contribution >= 0.6 is 11.6 Å². The second-order valence-corrected chi connectivity index (χ2v) is 2.56. The van der Waals surface area contributed by atoms with Gasteiger partial charge in [-0.1, -0.05) is 23.1 Å². The molecule has 0 aliphatic carbocycles. The Bertz CT molecular complexity index is 260. The normalized spacial score (nSPS) is 9.30. The maximum Gasteiger partial charge on any atom is 0.149 e. The van der Waals surface area contributed by atoms with Gasteiger partial charge in [0.25, 0.3) is 0 Å². The van der Waals surface area contributed by atoms with Crippen molar-refractivity contribution in [3.05, 3.63) is 28.8 Å². The highest BCUT2D eigenvalue weighted by Gasteiger charge is 1.94. The van der Waals surface area contributed by atoms with Crippen LogP contribution < -0.4 is 5.46 Å². The van der Waals surface area contributed by atoms with Crippen molar-refractivity contribution in [2.24, 2.45) is 0 Å². The van der Waals surface area contributed by atoms with Crippen molar-refractivity contribution in [3.8, 4) is 0 Å². The quantitative estimate of drug-likeness (QED) is 0.421. The van der Waals surface area contributed by atoms with Gasteiger partial charge in [-0.2, -0.15) is 0 Å². The molecular formula is C7H6BClO. The molecule has 50 valence electrons. The minimum atomic E-state index is 0.670. The summed E-state index contributed by atoms with van der Waals surface area (Å²) in [6.07, 6.45) is 0.825. The Morgan fingerprint density at radius 1 is 1.50 bits per heavy atom. The Kier molecular flexibility index (Phi) is 2.12. The van der Waals surface area contributed by atoms with Crippen molar-refractivity contribution in [1.82, 2.24) is 0 Å². The summed E-state index contributed by atoms with van der Waals surface area (Å²) in [6, 6.07) is 5.19. The fraction of sp³-hybridized carbons (Fsp3) is 0. The average molecular weight is 152 g/mol. The molecule has 0 unspecified atom stereocenters. The maximum absolute atomic E-state index is 10.3. The molecule has 0 N–H and O–H groups in total. The molecule has 0 atom stereocenters. The molecular weight excluding hydrogens is 146 g/mol. The molecule has 0 aromatic heterocycles. The number of carbonyl (C=O) groups excluding carboxylic acids is 1. The zero-order valence-electron chi connectivity index (χ0n) is 5.60. The minimum Gasteiger partial charge on any atom is -0.298 e. The van der Waals surface area contributed by atoms with Crippen LogP contribution in [0.1, 0.15) is 10.4 Å². The fourth-order valence-corrected chi connectivity index (χ4v) is 0.998. The van der Waals surface area contributed by atoms with Crippen molar-refractivity contribution in [3.63, 3.8) is 0 Å². The van der Waals surface area contributed by atoms with E-state index in [1.54, 1.807) is 18.2 Å². The van der Waals surface area contributed by atoms with Gasteiger partial charge in [-0.3, -0.25) is 4.79 Å². The summed E-state index contributed by atoms with van der Waals surface area (Å²) < 4.78 is 0. The number of carbonyl (C=O) groups is 1. The number of halogens is 1. The van der Waals surface area contributed by atoms with Crippen LogP contribution in [0.5, 0.6) is 0 Å². The van der Waals surface area contributed by atoms with Crippen LogP contribution in [0.15, 0.2) is 18.2 Å². The first-order valence-electron chi connectivity index (χ1n) is 2.95. The number of aldehydes is 1. The van der Waals surface area contributed by atoms with E-state index in [0.29, 0.717) is 10.6 Å². The van der Waals surface area contributed by atoms with E-state index in [1.807, 2.05) is 7.85 Å². The SMILES string of the molecule is Bc1cc(Cl)ccc1C=O. The van der Waals surface area contributed by atoms with E-state index in [2.05, 4.69) is 0 Å². The minimum absolute atomic E-state index is 0.670. The summed E-state index contributed by atoms with van der Waals surface area (Å²) in [5, 5.41) is 0.670. The van der Waals surface area contributed by atoms with E-state index in [9.17, 15) is 4.79 Å². The average Bonchev–Trinajstić information content (AvgIpc) is 1.88. The van der Waals surface area contributed by atoms with Gasteiger partial charge >= 0.3 is 0 Å². The molecule has 0 aliphatic heterocycles. The highest BCUT2D eigenvalue weighted by molar-refractivity contribution is 6.38. The van der Waals surface area contributed by atoms with Gasteiger partial charge in [-0.25, -0.2) is 0 Å². The van der Waals surface area contributed by atoms with Crippen molar-refractivity contribution < 1.29 is 4.79 Å². The summed E-state index contributed by atoms with van der Waals surface area (Å²) in [4.78, 5) is 10.3. The number of hydrogen-bond donors (Lipinski definition) is 0. The smallest absolute Gasteiger partial charge is 0.149 e. The molecule has 1 nitrogen and oxygen atoms in total. The molecule has 0 saturated carbocycles. The third kappa shape index (κ3) is 1.39. The molecule has 3 heteroatoms. The molecule has 0 saturated heterocycles. The predicted molar refractivity (Wildman–Crippen MR) is 45.0 cm³/mol. The molecule has 0 spiro atoms. The first-order valence-corrected chi connectivity index (χ1v) is 3.33. The topological polar surface area (TPSA) is 17.1 Å². The van der Waals surface area contributed by atoms with Gasteiger partial charge in [0.2, 0.25) is 0 Å². The van der Waals surface area contributed by atoms with E-state index in [4.69, 9.17) is 11.6 Å². The Hall–Kier alpha value is -0.755. The van der Waals surface area contributed by atoms with Gasteiger partial charge in [0.15, 0.2) is 0 Å². The van der Waals surface area contributed by atoms with Crippen LogP contribution in [0.3, 0.4) is 0 Å². The Balaban J connectivity index is 3.19. The molecule has 1 aromatic carbocycles. The summed E-state index contributed by atoms with van der Waals surface area (Å²) >= 11 is 5.66. The largest absolute Gasteiger partial charge is 0.298 e. The zero-order valence-corrected chi connectivity index (χ0v) is 6.35. The summed E-state index contributed by atoms with van der Waals surface area (Å²) in [5.41, 5.74) is 1.62. The lowest BCUT2D eigenvalue weighted by atomic mass is 9.91. The molecule has 0 heterocycles. The van der Waals surface area contributed by atoms with Crippen LogP contribution in [-0.2, 0) is 0 Å². The molecule has 0 bridgehead atoms. The van der Waals surface area contributed by atoms with E-state index < -0.39 is 0 Å². The van der Waals surface area contributed by atoms with E-state index in [0.717, 1.165) is 11.7 Å². The second kappa shape index (κ2) is 2.89. The lowest BCUT2D eigenvalue weighted by molar-refractivity contribution is 0.112. The maximum atomic E-state index is 10.3. The van der Waals surface area contributed by atoms with Crippen LogP contribution in [0, 0.1) is 0 Å². The molecule has 0 radical (unpaired) electrons. The van der Waals surface area contributed by atoms with E-state index >= 15 is 0 Å². The molecule has 1 rings (SSSR count). The van der Waals surface area contributed by atoms with E-state index in [1.165, 1.54) is 0 Å². The molecule has 0 fully saturated rings. The van der Waals surface area contributed by atoms with Crippen LogP contribution in [-0.4, -0.2) is 14.1 Å². The van der Waals surface area contributed by atoms with Crippen molar-refractivity contribution in [1.29, 1.82) is 0 Å². The molecule has 10 heavy (non-hydrogen) atoms. The Morgan fingerprint density at radius 2 is 2.20 bits per heavy atom. The first-order chi connectivity index (χ1) is 4.74. The summed E-state index contributed by atoms with van der Waals surface area (Å²) in [5.74, 6) is 0. The van der Waals surface area contributed by atoms with Crippen LogP contribution in [0.4, 0.5) is 0 Å². The third-order valence-electron chi connectivity index (χ3n) is 1.36. The lowest BCUT2D eigenvalue weighted by Gasteiger charge is -1.96. The second-order valence-electron chi connectivity index (χ2n) is 2.12. The summed E-state index contributed by atoms with van der Waals surface area (Å²) in [6.45, 7) is 0. The standard InChI is InChI=1S/C7H6BClO/c8-7-3-6(9)2-1-5(7)4-10/h1-4H,8H2. The molecule has 0 aliphatic rings. The Labute approximate surface area is 65.4 Å². The van der Waals surface area contributed by atoms with Crippen LogP contribution in [0.2, 0.25) is 5.02 Å². The van der Waals surface area contributed by atoms with Gasteiger partial charge in [0, 0.05) is 10.6 Å². The highest BCUT2D eigenvalue weighted by atomic mass is 35.5. The first kappa shape index (κ1) is 7.35. The van der Waals surface area contributed by atoms with Crippen molar-refractivity contribution in [2.45, 2.75) is 0 Å². The molecule has 1 aromatic rings. The highest BCUT2D eigenvalue weighted by Crippen LogP contribution is 2.05. The fourth-order valence-electron chi connectivity index (χ4n) is 0.771. The predicted octanol–water partition coefficient (Wildman–Crippen LogP) is 0.411. The number of rotatable bonds is 1. The number of hydrogen-bond acceptors (Lipinski definition) is 1. The summed E-state index contributed by atoms with van der Waals surface area (Å²) in [7, 11) is 1.86. The van der Waals surface area contributed by atoms with Gasteiger partial charge in [-0.05, 0) is 12.1 Å². The van der Waals surface area contributed by atoms with Crippen LogP contribution in [0.25, 0.3) is 0 Å². The zero-order chi connectivity index (χ0) is 7.56. The lowest BCUT2D eigenvalue weighted by Crippen LogP contribution is -2.08. The van der Waals surface area contributed by atoms with Crippen molar-refractivity contribution in [2.75, 3.05) is 0 Å². The van der Waals surface area contributed by atoms with Gasteiger partial charge in [0.1, 0.15) is 14.1 Å². The third-order valence-corrected chi connectivity index (χ3v) is 1.59. The van der Waals surface area contributed by atoms with E-state index in [-0.39, 0.29) is 0 Å².